The lowest BCUT2D eigenvalue weighted by Crippen LogP contribution is -2.59. The van der Waals surface area contributed by atoms with Gasteiger partial charge >= 0.3 is 6.09 Å². The van der Waals surface area contributed by atoms with E-state index in [1.165, 1.54) is 11.0 Å². The molecule has 0 heterocycles. The number of benzene rings is 1. The number of nitrogens with one attached hydrogen (secondary N) is 2. The summed E-state index contributed by atoms with van der Waals surface area (Å²) in [5, 5.41) is 26.2. The predicted octanol–water partition coefficient (Wildman–Crippen LogP) is 3.15. The summed E-state index contributed by atoms with van der Waals surface area (Å²) in [7, 11) is 0. The van der Waals surface area contributed by atoms with Gasteiger partial charge in [-0.3, -0.25) is 9.59 Å². The van der Waals surface area contributed by atoms with Gasteiger partial charge in [-0.2, -0.15) is 0 Å². The number of rotatable bonds is 8. The normalized spacial score (nSPS) is 18.6. The number of carbonyl (C=O) groups is 3. The first kappa shape index (κ1) is 26.8. The van der Waals surface area contributed by atoms with Crippen LogP contribution in [0.25, 0.3) is 0 Å². The molecule has 2 aliphatic rings. The van der Waals surface area contributed by atoms with Crippen LogP contribution in [-0.4, -0.2) is 63.4 Å². The maximum atomic E-state index is 13.8. The number of phenols is 1. The lowest BCUT2D eigenvalue weighted by Gasteiger charge is -2.44. The van der Waals surface area contributed by atoms with Crippen molar-refractivity contribution in [3.63, 3.8) is 0 Å². The molecule has 9 nitrogen and oxygen atoms in total. The Balaban J connectivity index is 1.92. The molecule has 2 fully saturated rings. The van der Waals surface area contributed by atoms with Crippen LogP contribution in [0.2, 0.25) is 0 Å². The number of aliphatic hydroxyl groups excluding tert-OH is 1. The summed E-state index contributed by atoms with van der Waals surface area (Å²) in [5.74, 6) is -1.04. The fourth-order valence-corrected chi connectivity index (χ4v) is 4.66. The van der Waals surface area contributed by atoms with Crippen LogP contribution >= 0.6 is 0 Å². The zero-order valence-corrected chi connectivity index (χ0v) is 21.0. The van der Waals surface area contributed by atoms with Crippen molar-refractivity contribution >= 4 is 17.9 Å². The number of amides is 3. The van der Waals surface area contributed by atoms with E-state index >= 15 is 0 Å². The molecule has 2 atom stereocenters. The highest BCUT2D eigenvalue weighted by molar-refractivity contribution is 5.93. The number of alkyl carbamates (subject to hydrolysis) is 1. The summed E-state index contributed by atoms with van der Waals surface area (Å²) < 4.78 is 5.26. The Morgan fingerprint density at radius 1 is 1.06 bits per heavy atom. The van der Waals surface area contributed by atoms with Gasteiger partial charge in [-0.25, -0.2) is 4.79 Å². The van der Waals surface area contributed by atoms with Crippen molar-refractivity contribution in [3.8, 4) is 5.75 Å². The molecule has 0 bridgehead atoms. The minimum absolute atomic E-state index is 0.0106. The molecule has 194 valence electrons. The average molecular weight is 490 g/mol. The third-order valence-corrected chi connectivity index (χ3v) is 6.60. The first-order valence-corrected chi connectivity index (χ1v) is 12.6. The third kappa shape index (κ3) is 7.10. The number of hydrogen-bond acceptors (Lipinski definition) is 6. The summed E-state index contributed by atoms with van der Waals surface area (Å²) >= 11 is 0. The topological polar surface area (TPSA) is 128 Å². The second kappa shape index (κ2) is 11.7. The molecule has 1 aromatic carbocycles. The summed E-state index contributed by atoms with van der Waals surface area (Å²) in [6, 6.07) is 3.87. The lowest BCUT2D eigenvalue weighted by molar-refractivity contribution is -0.148. The van der Waals surface area contributed by atoms with E-state index in [2.05, 4.69) is 10.6 Å². The standard InChI is InChI=1S/C26H39N3O6/c1-26(2,3)35-25(34)28-20(16-30)24(33)29(18-12-9-13-18)22(19-14-7-8-15-21(19)31)23(32)27-17-10-5-4-6-11-17/h7-8,14-15,17-18,20,22,30-31H,4-6,9-13,16H2,1-3H3,(H,27,32)(H,28,34). The van der Waals surface area contributed by atoms with E-state index in [0.717, 1.165) is 38.5 Å². The highest BCUT2D eigenvalue weighted by Gasteiger charge is 2.43. The van der Waals surface area contributed by atoms with Crippen molar-refractivity contribution in [1.82, 2.24) is 15.5 Å². The Hall–Kier alpha value is -2.81. The van der Waals surface area contributed by atoms with Crippen molar-refractivity contribution in [3.05, 3.63) is 29.8 Å². The Morgan fingerprint density at radius 2 is 1.71 bits per heavy atom. The Labute approximate surface area is 207 Å². The number of nitrogens with zero attached hydrogens (tertiary/aromatic N) is 1. The zero-order valence-electron chi connectivity index (χ0n) is 21.0. The van der Waals surface area contributed by atoms with Crippen LogP contribution in [0, 0.1) is 0 Å². The van der Waals surface area contributed by atoms with Gasteiger partial charge in [0.05, 0.1) is 6.61 Å². The third-order valence-electron chi connectivity index (χ3n) is 6.60. The van der Waals surface area contributed by atoms with E-state index < -0.39 is 36.3 Å². The van der Waals surface area contributed by atoms with Crippen molar-refractivity contribution in [2.24, 2.45) is 0 Å². The molecule has 0 aliphatic heterocycles. The minimum Gasteiger partial charge on any atom is -0.508 e. The van der Waals surface area contributed by atoms with E-state index in [1.807, 2.05) is 0 Å². The van der Waals surface area contributed by atoms with E-state index in [4.69, 9.17) is 4.74 Å². The Bertz CT molecular complexity index is 889. The zero-order chi connectivity index (χ0) is 25.6. The smallest absolute Gasteiger partial charge is 0.408 e. The average Bonchev–Trinajstić information content (AvgIpc) is 2.76. The highest BCUT2D eigenvalue weighted by atomic mass is 16.6. The van der Waals surface area contributed by atoms with E-state index in [9.17, 15) is 24.6 Å². The van der Waals surface area contributed by atoms with Crippen LogP contribution in [-0.2, 0) is 14.3 Å². The lowest BCUT2D eigenvalue weighted by atomic mass is 9.87. The molecule has 0 aromatic heterocycles. The van der Waals surface area contributed by atoms with Gasteiger partial charge in [-0.05, 0) is 58.9 Å². The van der Waals surface area contributed by atoms with Crippen LogP contribution in [0.3, 0.4) is 0 Å². The monoisotopic (exact) mass is 489 g/mol. The second-order valence-corrected chi connectivity index (χ2v) is 10.5. The van der Waals surface area contributed by atoms with Gasteiger partial charge < -0.3 is 30.5 Å². The predicted molar refractivity (Wildman–Crippen MR) is 131 cm³/mol. The van der Waals surface area contributed by atoms with Crippen molar-refractivity contribution in [2.45, 2.75) is 102 Å². The molecular formula is C26H39N3O6. The molecule has 0 saturated heterocycles. The van der Waals surface area contributed by atoms with E-state index in [-0.39, 0.29) is 23.7 Å². The summed E-state index contributed by atoms with van der Waals surface area (Å²) in [5.41, 5.74) is -0.464. The van der Waals surface area contributed by atoms with Crippen LogP contribution in [0.15, 0.2) is 24.3 Å². The number of ether oxygens (including phenoxy) is 1. The number of para-hydroxylation sites is 1. The number of carbonyl (C=O) groups excluding carboxylic acids is 3. The SMILES string of the molecule is CC(C)(C)OC(=O)NC(CO)C(=O)N(C1CCC1)C(C(=O)NC1CCCCC1)c1ccccc1O. The maximum absolute atomic E-state index is 13.8. The summed E-state index contributed by atoms with van der Waals surface area (Å²) in [6.45, 7) is 4.45. The molecule has 0 radical (unpaired) electrons. The number of aromatic hydroxyl groups is 1. The molecule has 2 saturated carbocycles. The van der Waals surface area contributed by atoms with E-state index in [1.54, 1.807) is 39.0 Å². The fourth-order valence-electron chi connectivity index (χ4n) is 4.66. The number of aliphatic hydroxyl groups is 1. The fraction of sp³-hybridized carbons (Fsp3) is 0.654. The molecule has 9 heteroatoms. The van der Waals surface area contributed by atoms with Crippen molar-refractivity contribution < 1.29 is 29.3 Å². The molecule has 2 aliphatic carbocycles. The molecule has 3 amide bonds. The molecular weight excluding hydrogens is 450 g/mol. The van der Waals surface area contributed by atoms with Gasteiger partial charge in [0.25, 0.3) is 0 Å². The molecule has 4 N–H and O–H groups in total. The molecule has 1 aromatic rings. The van der Waals surface area contributed by atoms with Crippen LogP contribution < -0.4 is 10.6 Å². The molecule has 3 rings (SSSR count). The van der Waals surface area contributed by atoms with Gasteiger partial charge in [0.1, 0.15) is 23.4 Å². The van der Waals surface area contributed by atoms with Crippen LogP contribution in [0.5, 0.6) is 5.75 Å². The van der Waals surface area contributed by atoms with Gasteiger partial charge in [0, 0.05) is 17.6 Å². The van der Waals surface area contributed by atoms with Crippen molar-refractivity contribution in [1.29, 1.82) is 0 Å². The molecule has 35 heavy (non-hydrogen) atoms. The highest BCUT2D eigenvalue weighted by Crippen LogP contribution is 2.37. The van der Waals surface area contributed by atoms with Crippen LogP contribution in [0.1, 0.15) is 83.7 Å². The van der Waals surface area contributed by atoms with E-state index in [0.29, 0.717) is 18.4 Å². The first-order chi connectivity index (χ1) is 16.6. The quantitative estimate of drug-likeness (QED) is 0.444. The molecule has 0 spiro atoms. The Kier molecular flexibility index (Phi) is 8.99. The van der Waals surface area contributed by atoms with Crippen LogP contribution in [0.4, 0.5) is 4.79 Å². The molecule has 2 unspecified atom stereocenters. The first-order valence-electron chi connectivity index (χ1n) is 12.6. The van der Waals surface area contributed by atoms with Gasteiger partial charge in [0.2, 0.25) is 11.8 Å². The van der Waals surface area contributed by atoms with Crippen molar-refractivity contribution in [2.75, 3.05) is 6.61 Å². The largest absolute Gasteiger partial charge is 0.508 e. The second-order valence-electron chi connectivity index (χ2n) is 10.5. The van der Waals surface area contributed by atoms with Gasteiger partial charge in [0.15, 0.2) is 0 Å². The summed E-state index contributed by atoms with van der Waals surface area (Å²) in [6.07, 6.45) is 6.39. The number of hydrogen-bond donors (Lipinski definition) is 4. The summed E-state index contributed by atoms with van der Waals surface area (Å²) in [4.78, 5) is 41.3. The minimum atomic E-state index is -1.29. The Morgan fingerprint density at radius 3 is 2.26 bits per heavy atom. The van der Waals surface area contributed by atoms with Gasteiger partial charge in [-0.15, -0.1) is 0 Å². The van der Waals surface area contributed by atoms with Gasteiger partial charge in [-0.1, -0.05) is 37.5 Å². The maximum Gasteiger partial charge on any atom is 0.408 e. The number of phenolic OH excluding ortho intramolecular Hbond substituents is 1.